The molecular formula is C17H16N2O2S2. The van der Waals surface area contributed by atoms with Crippen molar-refractivity contribution in [2.75, 3.05) is 12.4 Å². The number of hydrogen-bond acceptors (Lipinski definition) is 5. The number of aryl methyl sites for hydroxylation is 2. The SMILES string of the molecule is COc1ccc(-c2nc(NC(=O)c3sccc3C)sc2C)cc1. The molecule has 0 bridgehead atoms. The van der Waals surface area contributed by atoms with E-state index in [2.05, 4.69) is 10.3 Å². The molecule has 1 N–H and O–H groups in total. The maximum absolute atomic E-state index is 12.3. The molecular weight excluding hydrogens is 328 g/mol. The molecule has 2 aromatic heterocycles. The Labute approximate surface area is 142 Å². The van der Waals surface area contributed by atoms with E-state index in [1.807, 2.05) is 49.6 Å². The molecule has 0 saturated carbocycles. The van der Waals surface area contributed by atoms with Crippen molar-refractivity contribution in [3.05, 3.63) is 51.0 Å². The molecule has 2 heterocycles. The van der Waals surface area contributed by atoms with Gasteiger partial charge in [0.05, 0.1) is 17.7 Å². The fraction of sp³-hybridized carbons (Fsp3) is 0.176. The molecule has 4 nitrogen and oxygen atoms in total. The second-order valence-corrected chi connectivity index (χ2v) is 7.16. The minimum absolute atomic E-state index is 0.104. The van der Waals surface area contributed by atoms with E-state index >= 15 is 0 Å². The molecule has 0 fully saturated rings. The summed E-state index contributed by atoms with van der Waals surface area (Å²) >= 11 is 2.92. The van der Waals surface area contributed by atoms with Crippen LogP contribution in [0.15, 0.2) is 35.7 Å². The lowest BCUT2D eigenvalue weighted by Gasteiger charge is -2.02. The van der Waals surface area contributed by atoms with Gasteiger partial charge < -0.3 is 4.74 Å². The topological polar surface area (TPSA) is 51.2 Å². The number of carbonyl (C=O) groups is 1. The fourth-order valence-electron chi connectivity index (χ4n) is 2.23. The first kappa shape index (κ1) is 15.7. The van der Waals surface area contributed by atoms with Crippen molar-refractivity contribution in [3.8, 4) is 17.0 Å². The summed E-state index contributed by atoms with van der Waals surface area (Å²) in [5.74, 6) is 0.705. The summed E-state index contributed by atoms with van der Waals surface area (Å²) in [7, 11) is 1.64. The molecule has 0 aliphatic rings. The zero-order chi connectivity index (χ0) is 16.4. The Balaban J connectivity index is 1.83. The largest absolute Gasteiger partial charge is 0.497 e. The van der Waals surface area contributed by atoms with E-state index in [1.165, 1.54) is 22.7 Å². The van der Waals surface area contributed by atoms with E-state index < -0.39 is 0 Å². The Morgan fingerprint density at radius 1 is 1.17 bits per heavy atom. The number of carbonyl (C=O) groups excluding carboxylic acids is 1. The summed E-state index contributed by atoms with van der Waals surface area (Å²) in [4.78, 5) is 18.6. The van der Waals surface area contributed by atoms with E-state index in [9.17, 15) is 4.79 Å². The van der Waals surface area contributed by atoms with Crippen LogP contribution in [0.4, 0.5) is 5.13 Å². The molecule has 118 valence electrons. The molecule has 0 unspecified atom stereocenters. The van der Waals surface area contributed by atoms with Gasteiger partial charge in [0.15, 0.2) is 5.13 Å². The van der Waals surface area contributed by atoms with Gasteiger partial charge in [-0.05, 0) is 55.1 Å². The van der Waals surface area contributed by atoms with Gasteiger partial charge in [0.2, 0.25) is 0 Å². The third-order valence-electron chi connectivity index (χ3n) is 3.45. The molecule has 1 aromatic carbocycles. The molecule has 23 heavy (non-hydrogen) atoms. The van der Waals surface area contributed by atoms with Gasteiger partial charge in [0.1, 0.15) is 5.75 Å². The van der Waals surface area contributed by atoms with Gasteiger partial charge >= 0.3 is 0 Å². The molecule has 0 aliphatic heterocycles. The van der Waals surface area contributed by atoms with E-state index in [0.717, 1.165) is 32.3 Å². The minimum atomic E-state index is -0.104. The van der Waals surface area contributed by atoms with Gasteiger partial charge in [-0.1, -0.05) is 0 Å². The Kier molecular flexibility index (Phi) is 4.45. The standard InChI is InChI=1S/C17H16N2O2S2/c1-10-8-9-22-15(10)16(20)19-17-18-14(11(2)23-17)12-4-6-13(21-3)7-5-12/h4-9H,1-3H3,(H,18,19,20). The number of thiazole rings is 1. The predicted molar refractivity (Wildman–Crippen MR) is 95.8 cm³/mol. The number of amides is 1. The summed E-state index contributed by atoms with van der Waals surface area (Å²) in [6.07, 6.45) is 0. The van der Waals surface area contributed by atoms with Gasteiger partial charge in [-0.25, -0.2) is 4.98 Å². The highest BCUT2D eigenvalue weighted by Crippen LogP contribution is 2.31. The second-order valence-electron chi connectivity index (χ2n) is 5.04. The number of ether oxygens (including phenoxy) is 1. The minimum Gasteiger partial charge on any atom is -0.497 e. The van der Waals surface area contributed by atoms with E-state index in [4.69, 9.17) is 4.74 Å². The number of methoxy groups -OCH3 is 1. The quantitative estimate of drug-likeness (QED) is 0.743. The number of nitrogens with zero attached hydrogens (tertiary/aromatic N) is 1. The van der Waals surface area contributed by atoms with Gasteiger partial charge in [-0.3, -0.25) is 10.1 Å². The molecule has 3 aromatic rings. The van der Waals surface area contributed by atoms with E-state index in [1.54, 1.807) is 7.11 Å². The smallest absolute Gasteiger partial charge is 0.267 e. The molecule has 3 rings (SSSR count). The summed E-state index contributed by atoms with van der Waals surface area (Å²) in [5.41, 5.74) is 2.87. The highest BCUT2D eigenvalue weighted by Gasteiger charge is 2.15. The van der Waals surface area contributed by atoms with Crippen LogP contribution in [0.25, 0.3) is 11.3 Å². The summed E-state index contributed by atoms with van der Waals surface area (Å²) in [6.45, 7) is 3.94. The van der Waals surface area contributed by atoms with Crippen LogP contribution in [0, 0.1) is 13.8 Å². The van der Waals surface area contributed by atoms with Crippen molar-refractivity contribution in [2.24, 2.45) is 0 Å². The van der Waals surface area contributed by atoms with Crippen molar-refractivity contribution in [1.29, 1.82) is 0 Å². The number of hydrogen-bond donors (Lipinski definition) is 1. The zero-order valence-corrected chi connectivity index (χ0v) is 14.7. The molecule has 0 saturated heterocycles. The van der Waals surface area contributed by atoms with Crippen LogP contribution in [0.3, 0.4) is 0 Å². The Morgan fingerprint density at radius 3 is 2.52 bits per heavy atom. The highest BCUT2D eigenvalue weighted by atomic mass is 32.1. The maximum Gasteiger partial charge on any atom is 0.267 e. The zero-order valence-electron chi connectivity index (χ0n) is 13.0. The molecule has 0 radical (unpaired) electrons. The lowest BCUT2D eigenvalue weighted by molar-refractivity contribution is 0.103. The first-order chi connectivity index (χ1) is 11.1. The van der Waals surface area contributed by atoms with Gasteiger partial charge in [0.25, 0.3) is 5.91 Å². The molecule has 0 spiro atoms. The Morgan fingerprint density at radius 2 is 1.91 bits per heavy atom. The van der Waals surface area contributed by atoms with Crippen molar-refractivity contribution in [3.63, 3.8) is 0 Å². The van der Waals surface area contributed by atoms with Crippen LogP contribution in [-0.2, 0) is 0 Å². The van der Waals surface area contributed by atoms with Gasteiger partial charge in [-0.2, -0.15) is 0 Å². The lowest BCUT2D eigenvalue weighted by atomic mass is 10.1. The Hall–Kier alpha value is -2.18. The molecule has 6 heteroatoms. The number of rotatable bonds is 4. The summed E-state index contributed by atoms with van der Waals surface area (Å²) in [6, 6.07) is 9.68. The molecule has 0 aliphatic carbocycles. The van der Waals surface area contributed by atoms with Crippen LogP contribution in [0.5, 0.6) is 5.75 Å². The average Bonchev–Trinajstić information content (AvgIpc) is 3.13. The summed E-state index contributed by atoms with van der Waals surface area (Å²) < 4.78 is 5.17. The Bertz CT molecular complexity index is 835. The monoisotopic (exact) mass is 344 g/mol. The predicted octanol–water partition coefficient (Wildman–Crippen LogP) is 4.75. The normalized spacial score (nSPS) is 10.6. The van der Waals surface area contributed by atoms with E-state index in [0.29, 0.717) is 5.13 Å². The summed E-state index contributed by atoms with van der Waals surface area (Å²) in [5, 5.41) is 5.43. The van der Waals surface area contributed by atoms with Crippen LogP contribution in [0.2, 0.25) is 0 Å². The van der Waals surface area contributed by atoms with Crippen molar-refractivity contribution < 1.29 is 9.53 Å². The van der Waals surface area contributed by atoms with Crippen LogP contribution >= 0.6 is 22.7 Å². The third kappa shape index (κ3) is 3.28. The van der Waals surface area contributed by atoms with Crippen LogP contribution in [-0.4, -0.2) is 18.0 Å². The second kappa shape index (κ2) is 6.52. The van der Waals surface area contributed by atoms with Crippen LogP contribution < -0.4 is 10.1 Å². The third-order valence-corrected chi connectivity index (χ3v) is 5.35. The average molecular weight is 344 g/mol. The molecule has 1 amide bonds. The van der Waals surface area contributed by atoms with Crippen molar-refractivity contribution in [1.82, 2.24) is 4.98 Å². The molecule has 0 atom stereocenters. The fourth-order valence-corrected chi connectivity index (χ4v) is 3.88. The van der Waals surface area contributed by atoms with Gasteiger partial charge in [-0.15, -0.1) is 22.7 Å². The number of thiophene rings is 1. The van der Waals surface area contributed by atoms with E-state index in [-0.39, 0.29) is 5.91 Å². The van der Waals surface area contributed by atoms with Gasteiger partial charge in [0, 0.05) is 10.4 Å². The van der Waals surface area contributed by atoms with Crippen molar-refractivity contribution in [2.45, 2.75) is 13.8 Å². The first-order valence-electron chi connectivity index (χ1n) is 7.06. The number of aromatic nitrogens is 1. The number of nitrogens with one attached hydrogen (secondary N) is 1. The highest BCUT2D eigenvalue weighted by molar-refractivity contribution is 7.16. The number of anilines is 1. The maximum atomic E-state index is 12.3. The first-order valence-corrected chi connectivity index (χ1v) is 8.75. The van der Waals surface area contributed by atoms with Crippen LogP contribution in [0.1, 0.15) is 20.1 Å². The van der Waals surface area contributed by atoms with Crippen molar-refractivity contribution >= 4 is 33.7 Å². The number of benzene rings is 1. The lowest BCUT2D eigenvalue weighted by Crippen LogP contribution is -2.10.